The molecule has 0 saturated heterocycles. The highest BCUT2D eigenvalue weighted by Crippen LogP contribution is 2.09. The van der Waals surface area contributed by atoms with Crippen molar-refractivity contribution >= 4 is 23.7 Å². The summed E-state index contributed by atoms with van der Waals surface area (Å²) in [6.07, 6.45) is 5.15. The van der Waals surface area contributed by atoms with Gasteiger partial charge in [0.05, 0.1) is 5.60 Å². The van der Waals surface area contributed by atoms with Crippen LogP contribution in [0.4, 0.5) is 0 Å². The second-order valence-corrected chi connectivity index (χ2v) is 5.26. The van der Waals surface area contributed by atoms with E-state index in [0.717, 1.165) is 5.56 Å². The molecule has 0 unspecified atom stereocenters. The summed E-state index contributed by atoms with van der Waals surface area (Å²) in [5.74, 6) is 0.399. The summed E-state index contributed by atoms with van der Waals surface area (Å²) in [6.45, 7) is 1.97. The number of hydrogen-bond acceptors (Lipinski definition) is 3. The molecule has 0 heterocycles. The summed E-state index contributed by atoms with van der Waals surface area (Å²) >= 11 is 1.55. The Kier molecular flexibility index (Phi) is 5.95. The van der Waals surface area contributed by atoms with E-state index in [0.29, 0.717) is 5.75 Å². The first-order valence-electron chi connectivity index (χ1n) is 5.76. The Hall–Kier alpha value is -1.26. The van der Waals surface area contributed by atoms with Crippen LogP contribution >= 0.6 is 11.8 Å². The fourth-order valence-electron chi connectivity index (χ4n) is 1.43. The highest BCUT2D eigenvalue weighted by Gasteiger charge is 2.19. The lowest BCUT2D eigenvalue weighted by Crippen LogP contribution is -2.41. The lowest BCUT2D eigenvalue weighted by atomic mass is 10.1. The Morgan fingerprint density at radius 1 is 1.44 bits per heavy atom. The molecule has 2 N–H and O–H groups in total. The first-order valence-corrected chi connectivity index (χ1v) is 7.15. The zero-order valence-corrected chi connectivity index (χ0v) is 11.5. The maximum atomic E-state index is 11.6. The molecule has 3 nitrogen and oxygen atoms in total. The van der Waals surface area contributed by atoms with Gasteiger partial charge in [-0.2, -0.15) is 11.8 Å². The third-order valence-corrected chi connectivity index (χ3v) is 3.24. The van der Waals surface area contributed by atoms with E-state index in [9.17, 15) is 9.90 Å². The summed E-state index contributed by atoms with van der Waals surface area (Å²) < 4.78 is 0. The van der Waals surface area contributed by atoms with E-state index in [1.807, 2.05) is 36.6 Å². The van der Waals surface area contributed by atoms with Gasteiger partial charge in [0, 0.05) is 18.4 Å². The quantitative estimate of drug-likeness (QED) is 0.773. The Labute approximate surface area is 112 Å². The van der Waals surface area contributed by atoms with E-state index in [-0.39, 0.29) is 12.5 Å². The molecular weight excluding hydrogens is 246 g/mol. The van der Waals surface area contributed by atoms with Gasteiger partial charge < -0.3 is 10.4 Å². The Morgan fingerprint density at radius 3 is 2.72 bits per heavy atom. The molecule has 1 amide bonds. The van der Waals surface area contributed by atoms with Gasteiger partial charge in [-0.25, -0.2) is 0 Å². The number of amides is 1. The highest BCUT2D eigenvalue weighted by atomic mass is 32.2. The second-order valence-electron chi connectivity index (χ2n) is 4.39. The lowest BCUT2D eigenvalue weighted by molar-refractivity contribution is -0.117. The number of hydrogen-bond donors (Lipinski definition) is 2. The summed E-state index contributed by atoms with van der Waals surface area (Å²) in [6, 6.07) is 9.61. The SMILES string of the molecule is CSC[C@](C)(O)CNC(=O)/C=C/c1ccccc1. The number of benzene rings is 1. The van der Waals surface area contributed by atoms with Crippen molar-refractivity contribution in [2.24, 2.45) is 0 Å². The van der Waals surface area contributed by atoms with E-state index in [1.165, 1.54) is 6.08 Å². The molecule has 18 heavy (non-hydrogen) atoms. The molecule has 0 radical (unpaired) electrons. The Bertz CT molecular complexity index is 402. The molecule has 0 aliphatic heterocycles. The summed E-state index contributed by atoms with van der Waals surface area (Å²) in [5, 5.41) is 12.6. The van der Waals surface area contributed by atoms with Gasteiger partial charge in [-0.1, -0.05) is 30.3 Å². The van der Waals surface area contributed by atoms with Crippen molar-refractivity contribution in [3.8, 4) is 0 Å². The zero-order valence-electron chi connectivity index (χ0n) is 10.7. The smallest absolute Gasteiger partial charge is 0.244 e. The third-order valence-electron chi connectivity index (χ3n) is 2.33. The largest absolute Gasteiger partial charge is 0.387 e. The molecule has 4 heteroatoms. The van der Waals surface area contributed by atoms with Gasteiger partial charge in [-0.05, 0) is 24.8 Å². The first-order chi connectivity index (χ1) is 8.53. The van der Waals surface area contributed by atoms with Crippen molar-refractivity contribution in [3.63, 3.8) is 0 Å². The fraction of sp³-hybridized carbons (Fsp3) is 0.357. The number of carbonyl (C=O) groups is 1. The number of rotatable bonds is 6. The summed E-state index contributed by atoms with van der Waals surface area (Å²) in [7, 11) is 0. The minimum Gasteiger partial charge on any atom is -0.387 e. The predicted octanol–water partition coefficient (Wildman–Crippen LogP) is 1.93. The number of thioether (sulfide) groups is 1. The van der Waals surface area contributed by atoms with Crippen molar-refractivity contribution in [1.29, 1.82) is 0 Å². The molecule has 1 atom stereocenters. The Balaban J connectivity index is 2.41. The molecule has 1 rings (SSSR count). The average Bonchev–Trinajstić information content (AvgIpc) is 2.35. The molecule has 0 fully saturated rings. The van der Waals surface area contributed by atoms with Crippen LogP contribution in [0.2, 0.25) is 0 Å². The van der Waals surface area contributed by atoms with Crippen LogP contribution in [0.3, 0.4) is 0 Å². The van der Waals surface area contributed by atoms with Crippen LogP contribution < -0.4 is 5.32 Å². The van der Waals surface area contributed by atoms with Crippen LogP contribution in [-0.4, -0.2) is 35.2 Å². The number of nitrogens with one attached hydrogen (secondary N) is 1. The van der Waals surface area contributed by atoms with E-state index in [4.69, 9.17) is 0 Å². The van der Waals surface area contributed by atoms with Gasteiger partial charge >= 0.3 is 0 Å². The number of carbonyl (C=O) groups excluding carboxylic acids is 1. The molecule has 0 aliphatic rings. The van der Waals surface area contributed by atoms with Crippen molar-refractivity contribution < 1.29 is 9.90 Å². The van der Waals surface area contributed by atoms with Crippen LogP contribution in [0.1, 0.15) is 12.5 Å². The second kappa shape index (κ2) is 7.24. The van der Waals surface area contributed by atoms with Crippen molar-refractivity contribution in [3.05, 3.63) is 42.0 Å². The highest BCUT2D eigenvalue weighted by molar-refractivity contribution is 7.98. The molecule has 0 spiro atoms. The fourth-order valence-corrected chi connectivity index (χ4v) is 2.16. The normalized spacial score (nSPS) is 14.4. The molecule has 98 valence electrons. The van der Waals surface area contributed by atoms with Crippen molar-refractivity contribution in [2.75, 3.05) is 18.6 Å². The van der Waals surface area contributed by atoms with Gasteiger partial charge in [0.2, 0.25) is 5.91 Å². The summed E-state index contributed by atoms with van der Waals surface area (Å²) in [5.41, 5.74) is 0.110. The van der Waals surface area contributed by atoms with E-state index < -0.39 is 5.60 Å². The maximum absolute atomic E-state index is 11.6. The van der Waals surface area contributed by atoms with E-state index in [2.05, 4.69) is 5.32 Å². The molecule has 1 aromatic carbocycles. The van der Waals surface area contributed by atoms with Gasteiger partial charge in [0.1, 0.15) is 0 Å². The predicted molar refractivity (Wildman–Crippen MR) is 77.5 cm³/mol. The molecule has 0 saturated carbocycles. The first kappa shape index (κ1) is 14.8. The monoisotopic (exact) mass is 265 g/mol. The molecular formula is C14H19NO2S. The average molecular weight is 265 g/mol. The molecule has 0 aliphatic carbocycles. The van der Waals surface area contributed by atoms with Gasteiger partial charge in [0.25, 0.3) is 0 Å². The summed E-state index contributed by atoms with van der Waals surface area (Å²) in [4.78, 5) is 11.6. The van der Waals surface area contributed by atoms with Crippen molar-refractivity contribution in [1.82, 2.24) is 5.32 Å². The maximum Gasteiger partial charge on any atom is 0.244 e. The standard InChI is InChI=1S/C14H19NO2S/c1-14(17,11-18-2)10-15-13(16)9-8-12-6-4-3-5-7-12/h3-9,17H,10-11H2,1-2H3,(H,15,16)/b9-8+/t14-/m1/s1. The molecule has 1 aromatic rings. The van der Waals surface area contributed by atoms with Crippen LogP contribution in [0.15, 0.2) is 36.4 Å². The van der Waals surface area contributed by atoms with Gasteiger partial charge in [-0.3, -0.25) is 4.79 Å². The molecule has 0 aromatic heterocycles. The third kappa shape index (κ3) is 5.89. The van der Waals surface area contributed by atoms with Crippen LogP contribution in [0.5, 0.6) is 0 Å². The van der Waals surface area contributed by atoms with Crippen molar-refractivity contribution in [2.45, 2.75) is 12.5 Å². The minimum absolute atomic E-state index is 0.194. The Morgan fingerprint density at radius 2 is 2.11 bits per heavy atom. The zero-order chi connectivity index (χ0) is 13.4. The van der Waals surface area contributed by atoms with Crippen LogP contribution in [-0.2, 0) is 4.79 Å². The van der Waals surface area contributed by atoms with E-state index in [1.54, 1.807) is 24.8 Å². The van der Waals surface area contributed by atoms with E-state index >= 15 is 0 Å². The minimum atomic E-state index is -0.865. The number of aliphatic hydroxyl groups is 1. The lowest BCUT2D eigenvalue weighted by Gasteiger charge is -2.21. The van der Waals surface area contributed by atoms with Gasteiger partial charge in [-0.15, -0.1) is 0 Å². The molecule has 0 bridgehead atoms. The topological polar surface area (TPSA) is 49.3 Å². The van der Waals surface area contributed by atoms with Gasteiger partial charge in [0.15, 0.2) is 0 Å². The van der Waals surface area contributed by atoms with Crippen LogP contribution in [0, 0.1) is 0 Å². The van der Waals surface area contributed by atoms with Crippen LogP contribution in [0.25, 0.3) is 6.08 Å².